The number of carbonyl (C=O) groups excluding carboxylic acids is 2. The topological polar surface area (TPSA) is 104 Å². The van der Waals surface area contributed by atoms with Gasteiger partial charge >= 0.3 is 0 Å². The van der Waals surface area contributed by atoms with Gasteiger partial charge < -0.3 is 19.8 Å². The molecule has 0 aliphatic carbocycles. The SMILES string of the molecule is CC(C)C[C@@H](C(=O)N1CCC[C@H]1c1nc2ccc(-c3ccc(-c4ccc5nc([C@@H]6CCCN6C(=O)[C@H](CC(C)C)N(C)C)[nH]c5c4)cc3)cc2[nH]1)N(C)C.S.S.S.S. The molecular weight excluding hydrogens is 801 g/mol. The van der Waals surface area contributed by atoms with E-state index in [1.807, 2.05) is 38.0 Å². The second kappa shape index (κ2) is 20.9. The van der Waals surface area contributed by atoms with Gasteiger partial charge in [-0.15, -0.1) is 0 Å². The summed E-state index contributed by atoms with van der Waals surface area (Å²) in [4.78, 5) is 52.8. The van der Waals surface area contributed by atoms with Gasteiger partial charge in [0, 0.05) is 13.1 Å². The van der Waals surface area contributed by atoms with Crippen molar-refractivity contribution in [1.29, 1.82) is 0 Å². The Morgan fingerprint density at radius 1 is 0.603 bits per heavy atom. The molecule has 0 radical (unpaired) electrons. The Bertz CT molecular complexity index is 1970. The lowest BCUT2D eigenvalue weighted by molar-refractivity contribution is -0.138. The minimum Gasteiger partial charge on any atom is -0.340 e. The van der Waals surface area contributed by atoms with Crippen molar-refractivity contribution in [3.05, 3.63) is 72.3 Å². The number of aromatic amines is 2. The molecule has 4 heterocycles. The highest BCUT2D eigenvalue weighted by atomic mass is 32.1. The van der Waals surface area contributed by atoms with Crippen molar-refractivity contribution in [3.63, 3.8) is 0 Å². The Kier molecular flexibility index (Phi) is 17.7. The molecule has 7 rings (SSSR count). The van der Waals surface area contributed by atoms with Gasteiger partial charge in [-0.2, -0.15) is 54.0 Å². The van der Waals surface area contributed by atoms with E-state index in [0.717, 1.165) is 108 Å². The van der Waals surface area contributed by atoms with Crippen molar-refractivity contribution in [2.45, 2.75) is 90.4 Å². The summed E-state index contributed by atoms with van der Waals surface area (Å²) in [6, 6.07) is 21.1. The third kappa shape index (κ3) is 10.4. The predicted molar refractivity (Wildman–Crippen MR) is 259 cm³/mol. The summed E-state index contributed by atoms with van der Waals surface area (Å²) >= 11 is 0. The Hall–Kier alpha value is -3.14. The molecule has 4 atom stereocenters. The number of hydrogen-bond acceptors (Lipinski definition) is 6. The summed E-state index contributed by atoms with van der Waals surface area (Å²) < 4.78 is 0. The highest BCUT2D eigenvalue weighted by molar-refractivity contribution is 7.59. The van der Waals surface area contributed by atoms with Crippen LogP contribution in [0.5, 0.6) is 0 Å². The number of nitrogens with one attached hydrogen (secondary N) is 2. The fourth-order valence-corrected chi connectivity index (χ4v) is 8.56. The number of nitrogens with zero attached hydrogens (tertiary/aromatic N) is 6. The molecule has 2 aliphatic heterocycles. The normalized spacial score (nSPS) is 17.7. The smallest absolute Gasteiger partial charge is 0.240 e. The molecule has 0 unspecified atom stereocenters. The summed E-state index contributed by atoms with van der Waals surface area (Å²) in [6.07, 6.45) is 5.49. The lowest BCUT2D eigenvalue weighted by Gasteiger charge is -2.32. The lowest BCUT2D eigenvalue weighted by atomic mass is 10.00. The average Bonchev–Trinajstić information content (AvgIpc) is 3.96. The van der Waals surface area contributed by atoms with Crippen molar-refractivity contribution in [1.82, 2.24) is 39.5 Å². The van der Waals surface area contributed by atoms with Crippen LogP contribution >= 0.6 is 54.0 Å². The Labute approximate surface area is 373 Å². The Morgan fingerprint density at radius 2 is 0.948 bits per heavy atom. The third-order valence-corrected chi connectivity index (χ3v) is 11.5. The first-order valence-corrected chi connectivity index (χ1v) is 19.9. The number of imidazole rings is 2. The Balaban J connectivity index is 0.00000225. The van der Waals surface area contributed by atoms with Crippen molar-refractivity contribution < 1.29 is 9.59 Å². The van der Waals surface area contributed by atoms with Crippen LogP contribution in [0.2, 0.25) is 0 Å². The van der Waals surface area contributed by atoms with Crippen LogP contribution in [-0.4, -0.2) is 105 Å². The zero-order valence-electron chi connectivity index (χ0n) is 35.4. The monoisotopic (exact) mass is 866 g/mol. The Morgan fingerprint density at radius 3 is 1.28 bits per heavy atom. The van der Waals surface area contributed by atoms with Crippen LogP contribution in [0, 0.1) is 11.8 Å². The van der Waals surface area contributed by atoms with Gasteiger partial charge in [-0.3, -0.25) is 19.4 Å². The van der Waals surface area contributed by atoms with E-state index in [0.29, 0.717) is 11.8 Å². The van der Waals surface area contributed by atoms with Crippen LogP contribution in [0.4, 0.5) is 0 Å². The van der Waals surface area contributed by atoms with Gasteiger partial charge in [0.15, 0.2) is 0 Å². The summed E-state index contributed by atoms with van der Waals surface area (Å²) in [5, 5.41) is 0. The molecule has 2 aromatic heterocycles. The van der Waals surface area contributed by atoms with Gasteiger partial charge in [-0.1, -0.05) is 64.1 Å². The highest BCUT2D eigenvalue weighted by Gasteiger charge is 2.38. The number of carbonyl (C=O) groups is 2. The van der Waals surface area contributed by atoms with E-state index in [4.69, 9.17) is 9.97 Å². The minimum absolute atomic E-state index is 0. The molecule has 2 saturated heterocycles. The molecule has 58 heavy (non-hydrogen) atoms. The van der Waals surface area contributed by atoms with Gasteiger partial charge in [0.25, 0.3) is 0 Å². The van der Waals surface area contributed by atoms with Gasteiger partial charge in [0.2, 0.25) is 11.8 Å². The molecule has 318 valence electrons. The lowest BCUT2D eigenvalue weighted by Crippen LogP contribution is -2.46. The average molecular weight is 867 g/mol. The number of rotatable bonds is 12. The quantitative estimate of drug-likeness (QED) is 0.130. The second-order valence-electron chi connectivity index (χ2n) is 16.9. The number of H-pyrrole nitrogens is 2. The first-order valence-electron chi connectivity index (χ1n) is 19.9. The zero-order valence-corrected chi connectivity index (χ0v) is 39.4. The molecular formula is C44H66N8O2S4. The predicted octanol–water partition coefficient (Wildman–Crippen LogP) is 8.50. The molecule has 0 saturated carbocycles. The maximum atomic E-state index is 13.7. The first-order chi connectivity index (χ1) is 25.9. The second-order valence-corrected chi connectivity index (χ2v) is 16.9. The van der Waals surface area contributed by atoms with E-state index >= 15 is 0 Å². The molecule has 3 aromatic carbocycles. The van der Waals surface area contributed by atoms with Crippen molar-refractivity contribution in [3.8, 4) is 22.3 Å². The number of benzene rings is 3. The maximum Gasteiger partial charge on any atom is 0.240 e. The molecule has 2 aliphatic rings. The standard InChI is InChI=1S/C44H58N8O2.4H2S/c1-27(2)23-39(49(5)6)43(53)51-21-9-11-37(51)41-45-33-19-17-31(25-35(33)47-41)29-13-15-30(16-14-29)32-18-20-34-36(26-32)48-42(46-34)38-12-10-22-52(38)44(54)40(50(7)8)24-28(3)4;;;;/h13-20,25-28,37-40H,9-12,21-24H2,1-8H3,(H,45,47)(H,46,48);4*1H2/t37-,38-,39-,40-;;;;/m0..../s1. The van der Waals surface area contributed by atoms with Crippen molar-refractivity contribution in [2.75, 3.05) is 41.3 Å². The number of fused-ring (bicyclic) bond motifs is 2. The minimum atomic E-state index is -0.126. The van der Waals surface area contributed by atoms with Crippen molar-refractivity contribution >= 4 is 87.9 Å². The number of likely N-dealkylation sites (N-methyl/N-ethyl adjacent to an activating group) is 2. The molecule has 0 bridgehead atoms. The van der Waals surface area contributed by atoms with Crippen LogP contribution in [-0.2, 0) is 9.59 Å². The third-order valence-electron chi connectivity index (χ3n) is 11.5. The van der Waals surface area contributed by atoms with Crippen LogP contribution in [0.25, 0.3) is 44.3 Å². The van der Waals surface area contributed by atoms with Gasteiger partial charge in [-0.25, -0.2) is 9.97 Å². The molecule has 0 spiro atoms. The van der Waals surface area contributed by atoms with Gasteiger partial charge in [-0.05, 0) is 125 Å². The largest absolute Gasteiger partial charge is 0.340 e. The fourth-order valence-electron chi connectivity index (χ4n) is 8.56. The van der Waals surface area contributed by atoms with Gasteiger partial charge in [0.1, 0.15) is 11.6 Å². The molecule has 2 amide bonds. The number of amides is 2. The summed E-state index contributed by atoms with van der Waals surface area (Å²) in [6.45, 7) is 10.2. The zero-order chi connectivity index (χ0) is 38.3. The maximum absolute atomic E-state index is 13.7. The van der Waals surface area contributed by atoms with Crippen LogP contribution < -0.4 is 0 Å². The van der Waals surface area contributed by atoms with Gasteiger partial charge in [0.05, 0.1) is 46.2 Å². The van der Waals surface area contributed by atoms with Crippen LogP contribution in [0.15, 0.2) is 60.7 Å². The van der Waals surface area contributed by atoms with E-state index in [1.54, 1.807) is 0 Å². The first kappa shape index (κ1) is 49.2. The number of aromatic nitrogens is 4. The van der Waals surface area contributed by atoms with Crippen molar-refractivity contribution in [2.24, 2.45) is 11.8 Å². The van der Waals surface area contributed by atoms with Crippen LogP contribution in [0.1, 0.15) is 90.0 Å². The summed E-state index contributed by atoms with van der Waals surface area (Å²) in [5.41, 5.74) is 8.28. The van der Waals surface area contributed by atoms with E-state index in [2.05, 4.69) is 108 Å². The molecule has 10 nitrogen and oxygen atoms in total. The van der Waals surface area contributed by atoms with Crippen LogP contribution in [0.3, 0.4) is 0 Å². The molecule has 2 fully saturated rings. The highest BCUT2D eigenvalue weighted by Crippen LogP contribution is 2.36. The van der Waals surface area contributed by atoms with E-state index < -0.39 is 0 Å². The number of hydrogen-bond donors (Lipinski definition) is 2. The summed E-state index contributed by atoms with van der Waals surface area (Å²) in [5.74, 6) is 3.03. The summed E-state index contributed by atoms with van der Waals surface area (Å²) in [7, 11) is 8.01. The molecule has 2 N–H and O–H groups in total. The van der Waals surface area contributed by atoms with E-state index in [9.17, 15) is 9.59 Å². The van der Waals surface area contributed by atoms with E-state index in [1.165, 1.54) is 0 Å². The molecule has 5 aromatic rings. The van der Waals surface area contributed by atoms with E-state index in [-0.39, 0.29) is 90.0 Å². The molecule has 14 heteroatoms. The number of likely N-dealkylation sites (tertiary alicyclic amines) is 2. The fraction of sp³-hybridized carbons (Fsp3) is 0.500.